The maximum absolute atomic E-state index is 5.85. The molecule has 0 bridgehead atoms. The SMILES string of the molecule is COc1ccc(N(C)C(CN)CC(C)C)cc1. The Morgan fingerprint density at radius 3 is 2.24 bits per heavy atom. The van der Waals surface area contributed by atoms with E-state index in [-0.39, 0.29) is 0 Å². The lowest BCUT2D eigenvalue weighted by Gasteiger charge is -2.30. The van der Waals surface area contributed by atoms with Gasteiger partial charge in [0.05, 0.1) is 7.11 Å². The Bertz CT molecular complexity index is 321. The normalized spacial score (nSPS) is 12.6. The van der Waals surface area contributed by atoms with Crippen LogP contribution in [0.25, 0.3) is 0 Å². The second-order valence-corrected chi connectivity index (χ2v) is 4.83. The predicted molar refractivity (Wildman–Crippen MR) is 73.7 cm³/mol. The monoisotopic (exact) mass is 236 g/mol. The Morgan fingerprint density at radius 2 is 1.82 bits per heavy atom. The molecular weight excluding hydrogens is 212 g/mol. The summed E-state index contributed by atoms with van der Waals surface area (Å²) < 4.78 is 5.16. The summed E-state index contributed by atoms with van der Waals surface area (Å²) >= 11 is 0. The van der Waals surface area contributed by atoms with E-state index in [2.05, 4.69) is 37.9 Å². The van der Waals surface area contributed by atoms with Crippen LogP contribution in [0.15, 0.2) is 24.3 Å². The van der Waals surface area contributed by atoms with Gasteiger partial charge in [0, 0.05) is 25.3 Å². The molecule has 1 rings (SSSR count). The first-order valence-electron chi connectivity index (χ1n) is 6.15. The summed E-state index contributed by atoms with van der Waals surface area (Å²) in [4.78, 5) is 2.25. The molecule has 3 heteroatoms. The van der Waals surface area contributed by atoms with Crippen LogP contribution < -0.4 is 15.4 Å². The highest BCUT2D eigenvalue weighted by molar-refractivity contribution is 5.49. The van der Waals surface area contributed by atoms with E-state index in [1.165, 1.54) is 5.69 Å². The maximum atomic E-state index is 5.85. The second kappa shape index (κ2) is 6.50. The Morgan fingerprint density at radius 1 is 1.24 bits per heavy atom. The zero-order chi connectivity index (χ0) is 12.8. The van der Waals surface area contributed by atoms with Crippen LogP contribution in [0.1, 0.15) is 20.3 Å². The van der Waals surface area contributed by atoms with Crippen molar-refractivity contribution in [3.8, 4) is 5.75 Å². The summed E-state index contributed by atoms with van der Waals surface area (Å²) in [5.41, 5.74) is 7.03. The lowest BCUT2D eigenvalue weighted by molar-refractivity contribution is 0.414. The zero-order valence-electron chi connectivity index (χ0n) is 11.3. The minimum Gasteiger partial charge on any atom is -0.497 e. The lowest BCUT2D eigenvalue weighted by Crippen LogP contribution is -2.38. The van der Waals surface area contributed by atoms with E-state index in [0.29, 0.717) is 18.5 Å². The van der Waals surface area contributed by atoms with Crippen molar-refractivity contribution in [3.05, 3.63) is 24.3 Å². The number of rotatable bonds is 6. The van der Waals surface area contributed by atoms with Crippen LogP contribution in [-0.4, -0.2) is 26.7 Å². The van der Waals surface area contributed by atoms with E-state index in [1.54, 1.807) is 7.11 Å². The average molecular weight is 236 g/mol. The van der Waals surface area contributed by atoms with Gasteiger partial charge in [-0.25, -0.2) is 0 Å². The zero-order valence-corrected chi connectivity index (χ0v) is 11.3. The molecule has 0 aliphatic rings. The summed E-state index contributed by atoms with van der Waals surface area (Å²) in [6.07, 6.45) is 1.11. The van der Waals surface area contributed by atoms with Gasteiger partial charge in [0.15, 0.2) is 0 Å². The Hall–Kier alpha value is -1.22. The third-order valence-corrected chi connectivity index (χ3v) is 3.04. The van der Waals surface area contributed by atoms with Crippen LogP contribution in [0.4, 0.5) is 5.69 Å². The molecule has 0 radical (unpaired) electrons. The molecule has 0 fully saturated rings. The highest BCUT2D eigenvalue weighted by Crippen LogP contribution is 2.21. The van der Waals surface area contributed by atoms with Crippen LogP contribution in [0.3, 0.4) is 0 Å². The van der Waals surface area contributed by atoms with Crippen molar-refractivity contribution in [1.82, 2.24) is 0 Å². The van der Waals surface area contributed by atoms with Crippen molar-refractivity contribution in [3.63, 3.8) is 0 Å². The second-order valence-electron chi connectivity index (χ2n) is 4.83. The average Bonchev–Trinajstić information content (AvgIpc) is 2.35. The molecule has 2 N–H and O–H groups in total. The number of nitrogens with zero attached hydrogens (tertiary/aromatic N) is 1. The molecule has 0 aromatic heterocycles. The minimum atomic E-state index is 0.392. The largest absolute Gasteiger partial charge is 0.497 e. The quantitative estimate of drug-likeness (QED) is 0.824. The summed E-state index contributed by atoms with van der Waals surface area (Å²) in [6, 6.07) is 8.50. The molecule has 96 valence electrons. The highest BCUT2D eigenvalue weighted by atomic mass is 16.5. The number of hydrogen-bond acceptors (Lipinski definition) is 3. The number of anilines is 1. The molecule has 0 amide bonds. The first-order chi connectivity index (χ1) is 8.08. The van der Waals surface area contributed by atoms with Gasteiger partial charge in [-0.05, 0) is 36.6 Å². The molecule has 0 saturated heterocycles. The maximum Gasteiger partial charge on any atom is 0.119 e. The van der Waals surface area contributed by atoms with E-state index >= 15 is 0 Å². The van der Waals surface area contributed by atoms with Gasteiger partial charge in [-0.2, -0.15) is 0 Å². The predicted octanol–water partition coefficient (Wildman–Crippen LogP) is 2.50. The number of benzene rings is 1. The molecule has 1 aromatic carbocycles. The number of nitrogens with two attached hydrogens (primary N) is 1. The van der Waals surface area contributed by atoms with Crippen LogP contribution in [0.2, 0.25) is 0 Å². The molecule has 0 saturated carbocycles. The van der Waals surface area contributed by atoms with Gasteiger partial charge in [0.1, 0.15) is 5.75 Å². The molecule has 0 aliphatic carbocycles. The van der Waals surface area contributed by atoms with Gasteiger partial charge in [-0.15, -0.1) is 0 Å². The lowest BCUT2D eigenvalue weighted by atomic mass is 10.0. The molecule has 1 atom stereocenters. The van der Waals surface area contributed by atoms with Crippen LogP contribution in [-0.2, 0) is 0 Å². The Kier molecular flexibility index (Phi) is 5.29. The third-order valence-electron chi connectivity index (χ3n) is 3.04. The molecule has 3 nitrogen and oxygen atoms in total. The molecule has 1 unspecified atom stereocenters. The van der Waals surface area contributed by atoms with Crippen LogP contribution in [0.5, 0.6) is 5.75 Å². The van der Waals surface area contributed by atoms with E-state index in [4.69, 9.17) is 10.5 Å². The van der Waals surface area contributed by atoms with E-state index in [0.717, 1.165) is 12.2 Å². The van der Waals surface area contributed by atoms with Crippen molar-refractivity contribution >= 4 is 5.69 Å². The van der Waals surface area contributed by atoms with Gasteiger partial charge in [0.2, 0.25) is 0 Å². The van der Waals surface area contributed by atoms with Gasteiger partial charge >= 0.3 is 0 Å². The first-order valence-corrected chi connectivity index (χ1v) is 6.15. The number of likely N-dealkylation sites (N-methyl/N-ethyl adjacent to an activating group) is 1. The van der Waals surface area contributed by atoms with Crippen molar-refractivity contribution in [2.75, 3.05) is 25.6 Å². The molecule has 17 heavy (non-hydrogen) atoms. The standard InChI is InChI=1S/C14H24N2O/c1-11(2)9-13(10-15)16(3)12-5-7-14(17-4)8-6-12/h5-8,11,13H,9-10,15H2,1-4H3. The first kappa shape index (κ1) is 13.8. The number of ether oxygens (including phenoxy) is 1. The summed E-state index contributed by atoms with van der Waals surface area (Å²) in [7, 11) is 3.78. The molecular formula is C14H24N2O. The summed E-state index contributed by atoms with van der Waals surface area (Å²) in [5, 5.41) is 0. The molecule has 0 spiro atoms. The molecule has 1 aromatic rings. The van der Waals surface area contributed by atoms with E-state index in [1.807, 2.05) is 12.1 Å². The number of methoxy groups -OCH3 is 1. The fourth-order valence-electron chi connectivity index (χ4n) is 1.98. The smallest absolute Gasteiger partial charge is 0.119 e. The molecule has 0 heterocycles. The topological polar surface area (TPSA) is 38.5 Å². The van der Waals surface area contributed by atoms with Crippen molar-refractivity contribution in [2.24, 2.45) is 11.7 Å². The third kappa shape index (κ3) is 3.93. The summed E-state index contributed by atoms with van der Waals surface area (Å²) in [6.45, 7) is 5.13. The number of hydrogen-bond donors (Lipinski definition) is 1. The van der Waals surface area contributed by atoms with Crippen LogP contribution >= 0.6 is 0 Å². The molecule has 0 aliphatic heterocycles. The van der Waals surface area contributed by atoms with Gasteiger partial charge in [-0.3, -0.25) is 0 Å². The van der Waals surface area contributed by atoms with Gasteiger partial charge < -0.3 is 15.4 Å². The van der Waals surface area contributed by atoms with Crippen molar-refractivity contribution < 1.29 is 4.74 Å². The van der Waals surface area contributed by atoms with Gasteiger partial charge in [-0.1, -0.05) is 13.8 Å². The van der Waals surface area contributed by atoms with Crippen LogP contribution in [0, 0.1) is 5.92 Å². The van der Waals surface area contributed by atoms with Crippen molar-refractivity contribution in [2.45, 2.75) is 26.3 Å². The fraction of sp³-hybridized carbons (Fsp3) is 0.571. The fourth-order valence-corrected chi connectivity index (χ4v) is 1.98. The summed E-state index contributed by atoms with van der Waals surface area (Å²) in [5.74, 6) is 1.54. The van der Waals surface area contributed by atoms with E-state index in [9.17, 15) is 0 Å². The van der Waals surface area contributed by atoms with E-state index < -0.39 is 0 Å². The Balaban J connectivity index is 2.74. The van der Waals surface area contributed by atoms with Gasteiger partial charge in [0.25, 0.3) is 0 Å². The highest BCUT2D eigenvalue weighted by Gasteiger charge is 2.15. The van der Waals surface area contributed by atoms with Crippen molar-refractivity contribution in [1.29, 1.82) is 0 Å². The minimum absolute atomic E-state index is 0.392. The Labute approximate surface area is 105 Å².